The fraction of sp³-hybridized carbons (Fsp3) is 0.400. The van der Waals surface area contributed by atoms with Gasteiger partial charge in [-0.15, -0.1) is 0 Å². The van der Waals surface area contributed by atoms with E-state index in [1.165, 1.54) is 6.20 Å². The van der Waals surface area contributed by atoms with E-state index in [1.807, 2.05) is 42.8 Å². The van der Waals surface area contributed by atoms with Crippen LogP contribution < -0.4 is 11.2 Å². The molecule has 0 fully saturated rings. The van der Waals surface area contributed by atoms with Gasteiger partial charge >= 0.3 is 0 Å². The Morgan fingerprint density at radius 3 is 2.80 bits per heavy atom. The Hall–Kier alpha value is -1.75. The molecule has 1 heterocycles. The third-order valence-corrected chi connectivity index (χ3v) is 4.15. The third-order valence-electron chi connectivity index (χ3n) is 3.60. The number of nitrogens with zero attached hydrogens (tertiary/aromatic N) is 2. The Kier molecular flexibility index (Phi) is 4.18. The number of nitrogens with two attached hydrogens (primary N) is 1. The van der Waals surface area contributed by atoms with Crippen molar-refractivity contribution in [3.63, 3.8) is 0 Å². The summed E-state index contributed by atoms with van der Waals surface area (Å²) in [7, 11) is 0. The molecule has 0 atom stereocenters. The number of rotatable bonds is 5. The van der Waals surface area contributed by atoms with Crippen molar-refractivity contribution in [2.45, 2.75) is 33.2 Å². The molecule has 106 valence electrons. The largest absolute Gasteiger partial charge is 0.393 e. The van der Waals surface area contributed by atoms with Gasteiger partial charge in [0.25, 0.3) is 0 Å². The Balaban J connectivity index is 2.17. The van der Waals surface area contributed by atoms with Crippen LogP contribution >= 0.6 is 12.2 Å². The van der Waals surface area contributed by atoms with E-state index in [0.29, 0.717) is 10.4 Å². The first-order valence-electron chi connectivity index (χ1n) is 6.66. The van der Waals surface area contributed by atoms with Crippen molar-refractivity contribution < 1.29 is 0 Å². The highest BCUT2D eigenvalue weighted by Crippen LogP contribution is 2.23. The van der Waals surface area contributed by atoms with Crippen LogP contribution in [0.3, 0.4) is 0 Å². The van der Waals surface area contributed by atoms with Gasteiger partial charge in [0.2, 0.25) is 5.43 Å². The van der Waals surface area contributed by atoms with Crippen LogP contribution in [0.15, 0.2) is 35.3 Å². The van der Waals surface area contributed by atoms with E-state index in [-0.39, 0.29) is 10.8 Å². The highest BCUT2D eigenvalue weighted by Gasteiger charge is 2.20. The zero-order valence-corrected chi connectivity index (χ0v) is 12.6. The van der Waals surface area contributed by atoms with Crippen molar-refractivity contribution in [1.82, 2.24) is 9.78 Å². The van der Waals surface area contributed by atoms with Crippen LogP contribution in [0.5, 0.6) is 0 Å². The number of aromatic nitrogens is 2. The Morgan fingerprint density at radius 2 is 2.10 bits per heavy atom. The molecule has 1 aromatic carbocycles. The van der Waals surface area contributed by atoms with Gasteiger partial charge in [0.15, 0.2) is 0 Å². The first kappa shape index (κ1) is 14.7. The maximum atomic E-state index is 11.7. The van der Waals surface area contributed by atoms with Gasteiger partial charge in [0.05, 0.1) is 16.7 Å². The maximum absolute atomic E-state index is 11.7. The van der Waals surface area contributed by atoms with E-state index in [2.05, 4.69) is 5.10 Å². The van der Waals surface area contributed by atoms with Crippen molar-refractivity contribution >= 4 is 28.1 Å². The van der Waals surface area contributed by atoms with Crippen LogP contribution in [-0.2, 0) is 6.54 Å². The molecule has 0 aliphatic heterocycles. The molecule has 0 amide bonds. The van der Waals surface area contributed by atoms with Crippen molar-refractivity contribution in [2.75, 3.05) is 0 Å². The second kappa shape index (κ2) is 5.71. The first-order chi connectivity index (χ1) is 9.42. The second-order valence-electron chi connectivity index (χ2n) is 5.60. The minimum atomic E-state index is -0.149. The summed E-state index contributed by atoms with van der Waals surface area (Å²) < 4.78 is 1.87. The third kappa shape index (κ3) is 3.04. The van der Waals surface area contributed by atoms with Gasteiger partial charge < -0.3 is 5.73 Å². The zero-order valence-electron chi connectivity index (χ0n) is 11.8. The average Bonchev–Trinajstić information content (AvgIpc) is 2.41. The molecule has 1 aromatic heterocycles. The molecule has 2 rings (SSSR count). The van der Waals surface area contributed by atoms with Crippen LogP contribution in [0.25, 0.3) is 10.9 Å². The fourth-order valence-electron chi connectivity index (χ4n) is 2.13. The minimum Gasteiger partial charge on any atom is -0.393 e. The number of hydrogen-bond donors (Lipinski definition) is 1. The summed E-state index contributed by atoms with van der Waals surface area (Å²) in [4.78, 5) is 12.3. The Labute approximate surface area is 123 Å². The van der Waals surface area contributed by atoms with E-state index < -0.39 is 0 Å². The number of aryl methyl sites for hydroxylation is 1. The van der Waals surface area contributed by atoms with Gasteiger partial charge in [0.1, 0.15) is 0 Å². The second-order valence-corrected chi connectivity index (χ2v) is 6.04. The first-order valence-corrected chi connectivity index (χ1v) is 7.07. The van der Waals surface area contributed by atoms with Gasteiger partial charge in [0, 0.05) is 17.3 Å². The molecular formula is C15H19N3OS. The summed E-state index contributed by atoms with van der Waals surface area (Å²) in [5.74, 6) is 0. The smallest absolute Gasteiger partial charge is 0.207 e. The van der Waals surface area contributed by atoms with Crippen LogP contribution in [0.2, 0.25) is 0 Å². The number of fused-ring (bicyclic) bond motifs is 1. The molecule has 0 aliphatic rings. The molecule has 0 aliphatic carbocycles. The Bertz CT molecular complexity index is 691. The van der Waals surface area contributed by atoms with Crippen molar-refractivity contribution in [2.24, 2.45) is 11.1 Å². The molecule has 2 aromatic rings. The van der Waals surface area contributed by atoms with Gasteiger partial charge in [-0.2, -0.15) is 5.10 Å². The van der Waals surface area contributed by atoms with Gasteiger partial charge in [-0.25, -0.2) is 0 Å². The summed E-state index contributed by atoms with van der Waals surface area (Å²) in [5.41, 5.74) is 6.41. The molecule has 4 nitrogen and oxygen atoms in total. The lowest BCUT2D eigenvalue weighted by atomic mass is 9.88. The number of hydrogen-bond acceptors (Lipinski definition) is 3. The quantitative estimate of drug-likeness (QED) is 0.859. The lowest BCUT2D eigenvalue weighted by molar-refractivity contribution is 0.428. The molecule has 0 unspecified atom stereocenters. The van der Waals surface area contributed by atoms with E-state index >= 15 is 0 Å². The molecule has 0 saturated heterocycles. The van der Waals surface area contributed by atoms with Gasteiger partial charge in [-0.1, -0.05) is 38.2 Å². The minimum absolute atomic E-state index is 0.0414. The summed E-state index contributed by atoms with van der Waals surface area (Å²) in [6.45, 7) is 4.84. The monoisotopic (exact) mass is 289 g/mol. The van der Waals surface area contributed by atoms with E-state index in [1.54, 1.807) is 0 Å². The lowest BCUT2D eigenvalue weighted by Gasteiger charge is -2.23. The summed E-state index contributed by atoms with van der Waals surface area (Å²) in [6.07, 6.45) is 3.18. The van der Waals surface area contributed by atoms with Crippen molar-refractivity contribution in [3.05, 3.63) is 40.7 Å². The Morgan fingerprint density at radius 1 is 1.40 bits per heavy atom. The van der Waals surface area contributed by atoms with Crippen LogP contribution in [-0.4, -0.2) is 14.8 Å². The van der Waals surface area contributed by atoms with E-state index in [0.717, 1.165) is 24.9 Å². The van der Waals surface area contributed by atoms with Crippen molar-refractivity contribution in [3.8, 4) is 0 Å². The predicted octanol–water partition coefficient (Wildman–Crippen LogP) is 2.49. The molecule has 0 saturated carbocycles. The molecular weight excluding hydrogens is 270 g/mol. The van der Waals surface area contributed by atoms with Gasteiger partial charge in [-0.05, 0) is 25.0 Å². The average molecular weight is 289 g/mol. The topological polar surface area (TPSA) is 60.9 Å². The lowest BCUT2D eigenvalue weighted by Crippen LogP contribution is -2.30. The number of para-hydroxylation sites is 1. The molecule has 0 spiro atoms. The molecule has 20 heavy (non-hydrogen) atoms. The SMILES string of the molecule is CC(C)(CCCn1ncc(=O)c2ccccc21)C(N)=S. The van der Waals surface area contributed by atoms with Crippen molar-refractivity contribution in [1.29, 1.82) is 0 Å². The summed E-state index contributed by atoms with van der Waals surface area (Å²) >= 11 is 5.07. The standard InChI is InChI=1S/C15H19N3OS/c1-15(2,14(16)20)8-5-9-18-12-7-4-3-6-11(12)13(19)10-17-18/h3-4,6-7,10H,5,8-9H2,1-2H3,(H2,16,20). The van der Waals surface area contributed by atoms with Crippen LogP contribution in [0, 0.1) is 5.41 Å². The molecule has 0 bridgehead atoms. The number of benzene rings is 1. The summed E-state index contributed by atoms with van der Waals surface area (Å²) in [6, 6.07) is 7.53. The fourth-order valence-corrected chi connectivity index (χ4v) is 2.24. The highest BCUT2D eigenvalue weighted by molar-refractivity contribution is 7.80. The van der Waals surface area contributed by atoms with E-state index in [9.17, 15) is 4.79 Å². The van der Waals surface area contributed by atoms with Gasteiger partial charge in [-0.3, -0.25) is 9.48 Å². The summed E-state index contributed by atoms with van der Waals surface area (Å²) in [5, 5.41) is 4.92. The van der Waals surface area contributed by atoms with Crippen LogP contribution in [0.1, 0.15) is 26.7 Å². The maximum Gasteiger partial charge on any atom is 0.207 e. The highest BCUT2D eigenvalue weighted by atomic mass is 32.1. The van der Waals surface area contributed by atoms with Crippen LogP contribution in [0.4, 0.5) is 0 Å². The predicted molar refractivity (Wildman–Crippen MR) is 85.8 cm³/mol. The zero-order chi connectivity index (χ0) is 14.8. The molecule has 0 radical (unpaired) electrons. The van der Waals surface area contributed by atoms with E-state index in [4.69, 9.17) is 18.0 Å². The molecule has 2 N–H and O–H groups in total. The normalized spacial score (nSPS) is 11.7. The number of thiocarbonyl (C=S) groups is 1. The molecule has 5 heteroatoms.